The van der Waals surface area contributed by atoms with E-state index in [1.54, 1.807) is 24.0 Å². The molecule has 3 rings (SSSR count). The molecular formula is C10H8FN5. The number of aromatic amines is 1. The van der Waals surface area contributed by atoms with Gasteiger partial charge in [-0.25, -0.2) is 19.0 Å². The highest BCUT2D eigenvalue weighted by Gasteiger charge is 2.13. The third-order valence-corrected chi connectivity index (χ3v) is 2.47. The average molecular weight is 217 g/mol. The van der Waals surface area contributed by atoms with Crippen molar-refractivity contribution < 1.29 is 4.39 Å². The molecule has 0 bridgehead atoms. The van der Waals surface area contributed by atoms with Crippen molar-refractivity contribution in [1.29, 1.82) is 0 Å². The Labute approximate surface area is 90.0 Å². The van der Waals surface area contributed by atoms with Gasteiger partial charge in [0.1, 0.15) is 12.0 Å². The van der Waals surface area contributed by atoms with Crippen LogP contribution in [0.5, 0.6) is 0 Å². The van der Waals surface area contributed by atoms with Gasteiger partial charge in [0.25, 0.3) is 0 Å². The zero-order chi connectivity index (χ0) is 11.1. The molecule has 0 radical (unpaired) electrons. The highest BCUT2D eigenvalue weighted by Crippen LogP contribution is 2.24. The van der Waals surface area contributed by atoms with Gasteiger partial charge in [0, 0.05) is 18.6 Å². The maximum absolute atomic E-state index is 13.4. The van der Waals surface area contributed by atoms with Crippen LogP contribution in [0.15, 0.2) is 24.8 Å². The normalized spacial score (nSPS) is 11.1. The van der Waals surface area contributed by atoms with E-state index in [0.29, 0.717) is 22.4 Å². The maximum atomic E-state index is 13.4. The molecule has 0 aliphatic carbocycles. The molecule has 3 heterocycles. The van der Waals surface area contributed by atoms with E-state index in [-0.39, 0.29) is 5.82 Å². The number of nitrogens with one attached hydrogen (secondary N) is 1. The molecule has 6 heteroatoms. The van der Waals surface area contributed by atoms with Crippen LogP contribution in [0.4, 0.5) is 4.39 Å². The molecule has 0 aliphatic rings. The first kappa shape index (κ1) is 9.02. The van der Waals surface area contributed by atoms with Gasteiger partial charge in [-0.2, -0.15) is 5.10 Å². The predicted octanol–water partition coefficient (Wildman–Crippen LogP) is 1.50. The van der Waals surface area contributed by atoms with E-state index in [0.717, 1.165) is 0 Å². The second-order valence-corrected chi connectivity index (χ2v) is 3.43. The highest BCUT2D eigenvalue weighted by atomic mass is 19.1. The molecule has 0 fully saturated rings. The van der Waals surface area contributed by atoms with E-state index in [1.165, 1.54) is 12.5 Å². The molecule has 0 aromatic carbocycles. The monoisotopic (exact) mass is 217 g/mol. The topological polar surface area (TPSA) is 59.4 Å². The minimum atomic E-state index is -0.345. The Hall–Kier alpha value is -2.24. The summed E-state index contributed by atoms with van der Waals surface area (Å²) in [7, 11) is 1.77. The second kappa shape index (κ2) is 3.13. The van der Waals surface area contributed by atoms with Crippen molar-refractivity contribution in [3.8, 4) is 11.5 Å². The van der Waals surface area contributed by atoms with Crippen molar-refractivity contribution in [2.45, 2.75) is 0 Å². The molecule has 0 saturated carbocycles. The van der Waals surface area contributed by atoms with Crippen molar-refractivity contribution in [3.63, 3.8) is 0 Å². The third-order valence-electron chi connectivity index (χ3n) is 2.47. The number of fused-ring (bicyclic) bond motifs is 1. The Kier molecular flexibility index (Phi) is 1.76. The van der Waals surface area contributed by atoms with E-state index in [9.17, 15) is 4.39 Å². The number of halogens is 1. The number of rotatable bonds is 1. The van der Waals surface area contributed by atoms with Gasteiger partial charge in [-0.3, -0.25) is 0 Å². The first-order valence-electron chi connectivity index (χ1n) is 4.73. The molecule has 0 amide bonds. The number of pyridine rings is 1. The Morgan fingerprint density at radius 3 is 3.00 bits per heavy atom. The van der Waals surface area contributed by atoms with Crippen molar-refractivity contribution in [3.05, 3.63) is 30.6 Å². The Morgan fingerprint density at radius 2 is 2.25 bits per heavy atom. The lowest BCUT2D eigenvalue weighted by atomic mass is 10.2. The molecule has 0 aliphatic heterocycles. The summed E-state index contributed by atoms with van der Waals surface area (Å²) >= 11 is 0. The predicted molar refractivity (Wildman–Crippen MR) is 56.0 cm³/mol. The van der Waals surface area contributed by atoms with Gasteiger partial charge in [-0.15, -0.1) is 0 Å². The third kappa shape index (κ3) is 1.13. The molecule has 0 spiro atoms. The van der Waals surface area contributed by atoms with Gasteiger partial charge in [0.2, 0.25) is 0 Å². The Balaban J connectivity index is 2.37. The Bertz CT molecular complexity index is 654. The summed E-state index contributed by atoms with van der Waals surface area (Å²) in [5.74, 6) is 0.259. The van der Waals surface area contributed by atoms with Crippen LogP contribution in [-0.4, -0.2) is 24.7 Å². The van der Waals surface area contributed by atoms with Crippen LogP contribution < -0.4 is 0 Å². The SMILES string of the molecule is Cn1ncnc1-c1ncc(F)c2cc[nH]c12. The van der Waals surface area contributed by atoms with Crippen molar-refractivity contribution in [1.82, 2.24) is 24.7 Å². The first-order valence-corrected chi connectivity index (χ1v) is 4.73. The van der Waals surface area contributed by atoms with E-state index < -0.39 is 0 Å². The van der Waals surface area contributed by atoms with E-state index >= 15 is 0 Å². The quantitative estimate of drug-likeness (QED) is 0.671. The maximum Gasteiger partial charge on any atom is 0.178 e. The zero-order valence-corrected chi connectivity index (χ0v) is 8.48. The second-order valence-electron chi connectivity index (χ2n) is 3.43. The molecule has 80 valence electrons. The van der Waals surface area contributed by atoms with Gasteiger partial charge in [-0.1, -0.05) is 0 Å². The van der Waals surface area contributed by atoms with Crippen LogP contribution in [0, 0.1) is 5.82 Å². The van der Waals surface area contributed by atoms with Gasteiger partial charge in [-0.05, 0) is 6.07 Å². The average Bonchev–Trinajstić information content (AvgIpc) is 2.88. The lowest BCUT2D eigenvalue weighted by Gasteiger charge is -2.01. The van der Waals surface area contributed by atoms with Crippen LogP contribution in [-0.2, 0) is 7.05 Å². The summed E-state index contributed by atoms with van der Waals surface area (Å²) in [6.45, 7) is 0. The minimum Gasteiger partial charge on any atom is -0.359 e. The summed E-state index contributed by atoms with van der Waals surface area (Å²) in [6, 6.07) is 1.67. The van der Waals surface area contributed by atoms with Gasteiger partial charge in [0.05, 0.1) is 11.7 Å². The summed E-state index contributed by atoms with van der Waals surface area (Å²) in [6.07, 6.45) is 4.31. The summed E-state index contributed by atoms with van der Waals surface area (Å²) < 4.78 is 15.0. The van der Waals surface area contributed by atoms with E-state index in [4.69, 9.17) is 0 Å². The molecule has 0 unspecified atom stereocenters. The molecule has 3 aromatic rings. The Morgan fingerprint density at radius 1 is 1.38 bits per heavy atom. The van der Waals surface area contributed by atoms with Crippen LogP contribution in [0.3, 0.4) is 0 Å². The number of nitrogens with zero attached hydrogens (tertiary/aromatic N) is 4. The molecular weight excluding hydrogens is 209 g/mol. The fourth-order valence-corrected chi connectivity index (χ4v) is 1.70. The summed E-state index contributed by atoms with van der Waals surface area (Å²) in [5.41, 5.74) is 1.23. The van der Waals surface area contributed by atoms with Crippen LogP contribution >= 0.6 is 0 Å². The van der Waals surface area contributed by atoms with E-state index in [1.807, 2.05) is 0 Å². The molecule has 16 heavy (non-hydrogen) atoms. The summed E-state index contributed by atoms with van der Waals surface area (Å²) in [5, 5.41) is 4.47. The van der Waals surface area contributed by atoms with Crippen molar-refractivity contribution in [2.75, 3.05) is 0 Å². The van der Waals surface area contributed by atoms with Gasteiger partial charge >= 0.3 is 0 Å². The minimum absolute atomic E-state index is 0.345. The van der Waals surface area contributed by atoms with Crippen molar-refractivity contribution in [2.24, 2.45) is 7.05 Å². The van der Waals surface area contributed by atoms with Crippen LogP contribution in [0.25, 0.3) is 22.4 Å². The number of aromatic nitrogens is 5. The fourth-order valence-electron chi connectivity index (χ4n) is 1.70. The molecule has 0 saturated heterocycles. The van der Waals surface area contributed by atoms with Crippen molar-refractivity contribution >= 4 is 10.9 Å². The number of H-pyrrole nitrogens is 1. The number of aryl methyl sites for hydroxylation is 1. The largest absolute Gasteiger partial charge is 0.359 e. The van der Waals surface area contributed by atoms with E-state index in [2.05, 4.69) is 20.1 Å². The smallest absolute Gasteiger partial charge is 0.178 e. The standard InChI is InChI=1S/C10H8FN5/c1-16-10(14-5-15-16)9-8-6(2-3-12-8)7(11)4-13-9/h2-5,12H,1H3. The molecule has 3 aromatic heterocycles. The van der Waals surface area contributed by atoms with Gasteiger partial charge < -0.3 is 4.98 Å². The fraction of sp³-hybridized carbons (Fsp3) is 0.100. The molecule has 5 nitrogen and oxygen atoms in total. The van der Waals surface area contributed by atoms with Crippen LogP contribution in [0.1, 0.15) is 0 Å². The lowest BCUT2D eigenvalue weighted by Crippen LogP contribution is -1.97. The lowest BCUT2D eigenvalue weighted by molar-refractivity contribution is 0.634. The molecule has 1 N–H and O–H groups in total. The first-order chi connectivity index (χ1) is 7.77. The number of hydrogen-bond acceptors (Lipinski definition) is 3. The summed E-state index contributed by atoms with van der Waals surface area (Å²) in [4.78, 5) is 11.1. The number of hydrogen-bond donors (Lipinski definition) is 1. The highest BCUT2D eigenvalue weighted by molar-refractivity contribution is 5.90. The molecule has 0 atom stereocenters. The zero-order valence-electron chi connectivity index (χ0n) is 8.48. The van der Waals surface area contributed by atoms with Crippen LogP contribution in [0.2, 0.25) is 0 Å². The van der Waals surface area contributed by atoms with Gasteiger partial charge in [0.15, 0.2) is 11.6 Å².